The van der Waals surface area contributed by atoms with Crippen LogP contribution in [0.3, 0.4) is 0 Å². The third kappa shape index (κ3) is 4.07. The van der Waals surface area contributed by atoms with Crippen molar-refractivity contribution in [1.82, 2.24) is 19.7 Å². The highest BCUT2D eigenvalue weighted by atomic mass is 16.5. The highest BCUT2D eigenvalue weighted by Gasteiger charge is 2.26. The zero-order valence-corrected chi connectivity index (χ0v) is 16.6. The minimum absolute atomic E-state index is 0.0198. The maximum absolute atomic E-state index is 6.04. The minimum Gasteiger partial charge on any atom is -0.474 e. The molecule has 6 heteroatoms. The molecular formula is C22H26N4O2. The molecule has 1 aliphatic rings. The number of rotatable bonds is 8. The molecule has 0 bridgehead atoms. The lowest BCUT2D eigenvalue weighted by Crippen LogP contribution is -2.09. The van der Waals surface area contributed by atoms with Gasteiger partial charge in [0.05, 0.1) is 18.4 Å². The Labute approximate surface area is 165 Å². The predicted molar refractivity (Wildman–Crippen MR) is 107 cm³/mol. The fourth-order valence-electron chi connectivity index (χ4n) is 3.28. The Morgan fingerprint density at radius 1 is 1.11 bits per heavy atom. The summed E-state index contributed by atoms with van der Waals surface area (Å²) in [5, 5.41) is 4.71. The van der Waals surface area contributed by atoms with Gasteiger partial charge in [0, 0.05) is 31.5 Å². The Balaban J connectivity index is 1.75. The lowest BCUT2D eigenvalue weighted by molar-refractivity contribution is 0.178. The largest absolute Gasteiger partial charge is 0.474 e. The van der Waals surface area contributed by atoms with Crippen molar-refractivity contribution in [1.29, 1.82) is 0 Å². The second kappa shape index (κ2) is 8.10. The van der Waals surface area contributed by atoms with Gasteiger partial charge in [-0.25, -0.2) is 9.97 Å². The Morgan fingerprint density at radius 3 is 2.43 bits per heavy atom. The van der Waals surface area contributed by atoms with E-state index in [1.807, 2.05) is 44.4 Å². The number of ether oxygens (including phenoxy) is 2. The van der Waals surface area contributed by atoms with Gasteiger partial charge in [-0.05, 0) is 43.7 Å². The van der Waals surface area contributed by atoms with Gasteiger partial charge in [-0.2, -0.15) is 4.68 Å². The molecule has 6 nitrogen and oxygen atoms in total. The highest BCUT2D eigenvalue weighted by molar-refractivity contribution is 5.39. The molecule has 4 rings (SSSR count). The Morgan fingerprint density at radius 2 is 1.82 bits per heavy atom. The van der Waals surface area contributed by atoms with Crippen LogP contribution in [0.1, 0.15) is 55.0 Å². The molecule has 1 aromatic carbocycles. The summed E-state index contributed by atoms with van der Waals surface area (Å²) in [5.41, 5.74) is 4.32. The molecule has 2 heterocycles. The standard InChI is InChI=1S/C22H26N4O2/c1-15(2)28-21-19(11-16-7-5-4-6-8-16)20(14-27-3)26(25-21)22-23-12-18(13-24-22)17-9-10-17/h4-8,12-13,15,17H,9-11,14H2,1-3H3. The number of hydrogen-bond donors (Lipinski definition) is 0. The van der Waals surface area contributed by atoms with E-state index in [2.05, 4.69) is 22.1 Å². The first-order valence-corrected chi connectivity index (χ1v) is 9.78. The smallest absolute Gasteiger partial charge is 0.250 e. The van der Waals surface area contributed by atoms with Crippen molar-refractivity contribution in [2.75, 3.05) is 7.11 Å². The molecule has 0 aliphatic heterocycles. The second-order valence-corrected chi connectivity index (χ2v) is 7.49. The third-order valence-corrected chi connectivity index (χ3v) is 4.80. The molecule has 0 saturated heterocycles. The van der Waals surface area contributed by atoms with E-state index in [-0.39, 0.29) is 6.10 Å². The Bertz CT molecular complexity index is 916. The lowest BCUT2D eigenvalue weighted by atomic mass is 10.1. The first-order chi connectivity index (χ1) is 13.7. The molecule has 28 heavy (non-hydrogen) atoms. The van der Waals surface area contributed by atoms with Crippen LogP contribution in [0.2, 0.25) is 0 Å². The van der Waals surface area contributed by atoms with E-state index >= 15 is 0 Å². The number of nitrogens with zero attached hydrogens (tertiary/aromatic N) is 4. The summed E-state index contributed by atoms with van der Waals surface area (Å²) in [6.45, 7) is 4.41. The van der Waals surface area contributed by atoms with Gasteiger partial charge in [0.2, 0.25) is 5.88 Å². The van der Waals surface area contributed by atoms with Gasteiger partial charge in [0.1, 0.15) is 0 Å². The summed E-state index contributed by atoms with van der Waals surface area (Å²) in [5.74, 6) is 1.78. The molecule has 1 saturated carbocycles. The first-order valence-electron chi connectivity index (χ1n) is 9.78. The fraction of sp³-hybridized carbons (Fsp3) is 0.409. The molecule has 2 aromatic heterocycles. The maximum atomic E-state index is 6.04. The summed E-state index contributed by atoms with van der Waals surface area (Å²) in [4.78, 5) is 9.14. The van der Waals surface area contributed by atoms with E-state index in [4.69, 9.17) is 14.6 Å². The molecule has 0 unspecified atom stereocenters. The average molecular weight is 378 g/mol. The summed E-state index contributed by atoms with van der Waals surface area (Å²) < 4.78 is 13.3. The molecule has 0 amide bonds. The first kappa shape index (κ1) is 18.6. The van der Waals surface area contributed by atoms with Crippen molar-refractivity contribution in [2.24, 2.45) is 0 Å². The summed E-state index contributed by atoms with van der Waals surface area (Å²) in [6, 6.07) is 10.3. The quantitative estimate of drug-likeness (QED) is 0.591. The molecule has 3 aromatic rings. The van der Waals surface area contributed by atoms with Crippen molar-refractivity contribution in [3.05, 3.63) is 65.1 Å². The van der Waals surface area contributed by atoms with Gasteiger partial charge in [0.25, 0.3) is 5.95 Å². The summed E-state index contributed by atoms with van der Waals surface area (Å²) >= 11 is 0. The van der Waals surface area contributed by atoms with E-state index in [0.717, 1.165) is 11.3 Å². The van der Waals surface area contributed by atoms with Gasteiger partial charge in [0.15, 0.2) is 0 Å². The van der Waals surface area contributed by atoms with E-state index in [1.165, 1.54) is 24.0 Å². The van der Waals surface area contributed by atoms with Crippen LogP contribution in [0.25, 0.3) is 5.95 Å². The van der Waals surface area contributed by atoms with Gasteiger partial charge in [-0.3, -0.25) is 0 Å². The molecule has 0 atom stereocenters. The lowest BCUT2D eigenvalue weighted by Gasteiger charge is -2.10. The number of methoxy groups -OCH3 is 1. The van der Waals surface area contributed by atoms with Gasteiger partial charge in [-0.1, -0.05) is 30.3 Å². The average Bonchev–Trinajstić information content (AvgIpc) is 3.50. The van der Waals surface area contributed by atoms with Gasteiger partial charge >= 0.3 is 0 Å². The van der Waals surface area contributed by atoms with Crippen LogP contribution in [-0.4, -0.2) is 33.0 Å². The Hall–Kier alpha value is -2.73. The molecule has 0 radical (unpaired) electrons. The molecule has 1 fully saturated rings. The monoisotopic (exact) mass is 378 g/mol. The minimum atomic E-state index is 0.0198. The molecule has 0 spiro atoms. The SMILES string of the molecule is COCc1c(Cc2ccccc2)c(OC(C)C)nn1-c1ncc(C2CC2)cn1. The normalized spacial score (nSPS) is 13.9. The number of hydrogen-bond acceptors (Lipinski definition) is 5. The Kier molecular flexibility index (Phi) is 5.39. The van der Waals surface area contributed by atoms with E-state index in [9.17, 15) is 0 Å². The zero-order chi connectivity index (χ0) is 19.5. The van der Waals surface area contributed by atoms with Crippen molar-refractivity contribution >= 4 is 0 Å². The van der Waals surface area contributed by atoms with Crippen LogP contribution in [0.15, 0.2) is 42.7 Å². The van der Waals surface area contributed by atoms with Gasteiger partial charge in [-0.15, -0.1) is 5.10 Å². The van der Waals surface area contributed by atoms with E-state index < -0.39 is 0 Å². The molecule has 146 valence electrons. The number of benzene rings is 1. The van der Waals surface area contributed by atoms with Crippen LogP contribution >= 0.6 is 0 Å². The van der Waals surface area contributed by atoms with Crippen LogP contribution in [-0.2, 0) is 17.8 Å². The van der Waals surface area contributed by atoms with E-state index in [1.54, 1.807) is 11.8 Å². The van der Waals surface area contributed by atoms with Crippen molar-refractivity contribution in [3.8, 4) is 11.8 Å². The topological polar surface area (TPSA) is 62.1 Å². The summed E-state index contributed by atoms with van der Waals surface area (Å²) in [7, 11) is 1.68. The van der Waals surface area contributed by atoms with Crippen molar-refractivity contribution < 1.29 is 9.47 Å². The molecule has 0 N–H and O–H groups in total. The third-order valence-electron chi connectivity index (χ3n) is 4.80. The molecular weight excluding hydrogens is 352 g/mol. The molecule has 1 aliphatic carbocycles. The summed E-state index contributed by atoms with van der Waals surface area (Å²) in [6.07, 6.45) is 7.02. The van der Waals surface area contributed by atoms with Crippen molar-refractivity contribution in [3.63, 3.8) is 0 Å². The fourth-order valence-corrected chi connectivity index (χ4v) is 3.28. The maximum Gasteiger partial charge on any atom is 0.250 e. The highest BCUT2D eigenvalue weighted by Crippen LogP contribution is 2.39. The predicted octanol–water partition coefficient (Wildman–Crippen LogP) is 4.06. The van der Waals surface area contributed by atoms with Crippen LogP contribution in [0.4, 0.5) is 0 Å². The number of aromatic nitrogens is 4. The van der Waals surface area contributed by atoms with E-state index in [0.29, 0.717) is 30.8 Å². The van der Waals surface area contributed by atoms with Gasteiger partial charge < -0.3 is 9.47 Å². The second-order valence-electron chi connectivity index (χ2n) is 7.49. The van der Waals surface area contributed by atoms with Crippen LogP contribution in [0, 0.1) is 0 Å². The van der Waals surface area contributed by atoms with Crippen LogP contribution < -0.4 is 4.74 Å². The van der Waals surface area contributed by atoms with Crippen molar-refractivity contribution in [2.45, 2.75) is 51.7 Å². The van der Waals surface area contributed by atoms with Crippen LogP contribution in [0.5, 0.6) is 5.88 Å². The zero-order valence-electron chi connectivity index (χ0n) is 16.6.